The Kier molecular flexibility index (Phi) is 4.25. The quantitative estimate of drug-likeness (QED) is 0.331. The van der Waals surface area contributed by atoms with Gasteiger partial charge in [0.1, 0.15) is 18.3 Å². The molecule has 3 fully saturated rings. The molecular formula is C17H29NO6. The lowest BCUT2D eigenvalue weighted by molar-refractivity contribution is -0.565. The summed E-state index contributed by atoms with van der Waals surface area (Å²) < 4.78 is 30.4. The van der Waals surface area contributed by atoms with E-state index in [2.05, 4.69) is 0 Å². The molecule has 0 amide bonds. The van der Waals surface area contributed by atoms with E-state index in [0.29, 0.717) is 6.61 Å². The van der Waals surface area contributed by atoms with Gasteiger partial charge in [-0.15, -0.1) is 0 Å². The highest BCUT2D eigenvalue weighted by atomic mass is 16.8. The van der Waals surface area contributed by atoms with Crippen LogP contribution in [0.5, 0.6) is 0 Å². The molecule has 138 valence electrons. The van der Waals surface area contributed by atoms with Crippen LogP contribution in [0.25, 0.3) is 0 Å². The van der Waals surface area contributed by atoms with Crippen molar-refractivity contribution in [3.05, 3.63) is 5.21 Å². The van der Waals surface area contributed by atoms with E-state index in [9.17, 15) is 5.21 Å². The Labute approximate surface area is 143 Å². The molecule has 0 aliphatic carbocycles. The third-order valence-corrected chi connectivity index (χ3v) is 4.23. The van der Waals surface area contributed by atoms with E-state index in [1.165, 1.54) is 0 Å². The van der Waals surface area contributed by atoms with Gasteiger partial charge in [0.05, 0.1) is 6.61 Å². The topological polar surface area (TPSA) is 72.2 Å². The van der Waals surface area contributed by atoms with Crippen molar-refractivity contribution in [2.45, 2.75) is 90.7 Å². The Balaban J connectivity index is 1.84. The van der Waals surface area contributed by atoms with E-state index in [0.717, 1.165) is 4.74 Å². The zero-order valence-corrected chi connectivity index (χ0v) is 15.6. The predicted molar refractivity (Wildman–Crippen MR) is 86.5 cm³/mol. The molecule has 0 radical (unpaired) electrons. The average Bonchev–Trinajstić information content (AvgIpc) is 2.97. The number of ether oxygens (including phenoxy) is 5. The number of rotatable bonds is 2. The predicted octanol–water partition coefficient (Wildman–Crippen LogP) is 2.01. The van der Waals surface area contributed by atoms with Crippen LogP contribution in [0.2, 0.25) is 0 Å². The van der Waals surface area contributed by atoms with E-state index < -0.39 is 30.0 Å². The van der Waals surface area contributed by atoms with Crippen molar-refractivity contribution in [1.82, 2.24) is 0 Å². The molecule has 0 aromatic rings. The Morgan fingerprint density at radius 2 is 1.58 bits per heavy atom. The Hall–Kier alpha value is -0.730. The van der Waals surface area contributed by atoms with Gasteiger partial charge >= 0.3 is 0 Å². The normalized spacial score (nSPS) is 41.6. The van der Waals surface area contributed by atoms with Gasteiger partial charge in [0.2, 0.25) is 0 Å². The van der Waals surface area contributed by atoms with Crippen LogP contribution in [0.4, 0.5) is 0 Å². The van der Waals surface area contributed by atoms with Gasteiger partial charge in [0.25, 0.3) is 6.23 Å². The van der Waals surface area contributed by atoms with E-state index in [1.54, 1.807) is 6.21 Å². The second-order valence-electron chi connectivity index (χ2n) is 8.78. The Morgan fingerprint density at radius 1 is 0.958 bits per heavy atom. The largest absolute Gasteiger partial charge is 0.622 e. The van der Waals surface area contributed by atoms with Crippen LogP contribution in [0, 0.1) is 10.6 Å². The van der Waals surface area contributed by atoms with E-state index in [-0.39, 0.29) is 17.6 Å². The Bertz CT molecular complexity index is 524. The van der Waals surface area contributed by atoms with Crippen molar-refractivity contribution in [3.8, 4) is 0 Å². The number of hydrogen-bond acceptors (Lipinski definition) is 6. The summed E-state index contributed by atoms with van der Waals surface area (Å²) in [5.41, 5.74) is -0.261. The highest BCUT2D eigenvalue weighted by molar-refractivity contribution is 5.58. The third kappa shape index (κ3) is 3.60. The number of fused-ring (bicyclic) bond motifs is 1. The number of hydroxylamine groups is 1. The molecule has 0 unspecified atom stereocenters. The molecule has 3 saturated heterocycles. The molecular weight excluding hydrogens is 314 g/mol. The molecule has 3 aliphatic heterocycles. The Morgan fingerprint density at radius 3 is 2.12 bits per heavy atom. The van der Waals surface area contributed by atoms with Crippen LogP contribution in [0.15, 0.2) is 0 Å². The third-order valence-electron chi connectivity index (χ3n) is 4.23. The van der Waals surface area contributed by atoms with Crippen LogP contribution in [-0.4, -0.2) is 59.8 Å². The first kappa shape index (κ1) is 18.1. The fraction of sp³-hybridized carbons (Fsp3) is 0.941. The highest BCUT2D eigenvalue weighted by Crippen LogP contribution is 2.42. The van der Waals surface area contributed by atoms with Gasteiger partial charge in [-0.3, -0.25) is 0 Å². The molecule has 0 saturated carbocycles. The summed E-state index contributed by atoms with van der Waals surface area (Å²) in [5.74, 6) is -1.42. The minimum Gasteiger partial charge on any atom is -0.622 e. The van der Waals surface area contributed by atoms with Gasteiger partial charge < -0.3 is 28.9 Å². The maximum atomic E-state index is 12.6. The summed E-state index contributed by atoms with van der Waals surface area (Å²) in [5, 5.41) is 12.6. The number of hydrogen-bond donors (Lipinski definition) is 0. The molecule has 0 bridgehead atoms. The molecule has 5 atom stereocenters. The molecule has 0 spiro atoms. The van der Waals surface area contributed by atoms with Crippen LogP contribution >= 0.6 is 0 Å². The smallest absolute Gasteiger partial charge is 0.297 e. The summed E-state index contributed by atoms with van der Waals surface area (Å²) in [4.78, 5) is 0. The summed E-state index contributed by atoms with van der Waals surface area (Å²) in [6.07, 6.45) is -0.674. The van der Waals surface area contributed by atoms with Crippen LogP contribution < -0.4 is 0 Å². The first-order chi connectivity index (χ1) is 10.9. The average molecular weight is 343 g/mol. The van der Waals surface area contributed by atoms with Crippen LogP contribution in [0.1, 0.15) is 48.5 Å². The monoisotopic (exact) mass is 343 g/mol. The lowest BCUT2D eigenvalue weighted by Crippen LogP contribution is -2.40. The van der Waals surface area contributed by atoms with Gasteiger partial charge in [-0.25, -0.2) is 0 Å². The van der Waals surface area contributed by atoms with Crippen LogP contribution in [-0.2, 0) is 23.7 Å². The lowest BCUT2D eigenvalue weighted by Gasteiger charge is -2.26. The van der Waals surface area contributed by atoms with Gasteiger partial charge in [-0.2, -0.15) is 4.74 Å². The summed E-state index contributed by atoms with van der Waals surface area (Å²) in [6.45, 7) is 13.7. The summed E-state index contributed by atoms with van der Waals surface area (Å²) in [7, 11) is 0. The standard InChI is InChI=1S/C17H29NO6/c1-15(2,3)9-18(19)14-13-12(23-17(6,7)24-13)11(21-14)10-8-20-16(4,5)22-10/h9-14H,8H2,1-7H3/b18-9-/t10-,11-,12+,13+,14-/m1/s1. The molecule has 7 nitrogen and oxygen atoms in total. The van der Waals surface area contributed by atoms with Crippen molar-refractivity contribution >= 4 is 6.21 Å². The molecule has 0 N–H and O–H groups in total. The van der Waals surface area contributed by atoms with E-state index >= 15 is 0 Å². The molecule has 0 aromatic carbocycles. The molecule has 7 heteroatoms. The van der Waals surface area contributed by atoms with E-state index in [1.807, 2.05) is 48.5 Å². The van der Waals surface area contributed by atoms with Crippen molar-refractivity contribution in [2.75, 3.05) is 6.61 Å². The summed E-state index contributed by atoms with van der Waals surface area (Å²) >= 11 is 0. The van der Waals surface area contributed by atoms with Crippen molar-refractivity contribution in [3.63, 3.8) is 0 Å². The molecule has 24 heavy (non-hydrogen) atoms. The zero-order chi connectivity index (χ0) is 17.9. The van der Waals surface area contributed by atoms with Gasteiger partial charge in [-0.1, -0.05) is 20.8 Å². The van der Waals surface area contributed by atoms with Gasteiger partial charge in [0, 0.05) is 5.41 Å². The fourth-order valence-corrected chi connectivity index (χ4v) is 3.44. The second-order valence-corrected chi connectivity index (χ2v) is 8.78. The minimum atomic E-state index is -0.757. The van der Waals surface area contributed by atoms with E-state index in [4.69, 9.17) is 23.7 Å². The fourth-order valence-electron chi connectivity index (χ4n) is 3.44. The lowest BCUT2D eigenvalue weighted by atomic mass is 9.99. The van der Waals surface area contributed by atoms with Gasteiger partial charge in [0.15, 0.2) is 23.9 Å². The molecule has 3 heterocycles. The van der Waals surface area contributed by atoms with Crippen molar-refractivity contribution < 1.29 is 28.4 Å². The zero-order valence-electron chi connectivity index (χ0n) is 15.6. The molecule has 3 aliphatic rings. The maximum absolute atomic E-state index is 12.6. The van der Waals surface area contributed by atoms with Crippen molar-refractivity contribution in [2.24, 2.45) is 5.41 Å². The SMILES string of the molecule is CC(C)(C)/C=[N+](\[O-])[C@@H]1O[C@H]([C@H]2COC(C)(C)O2)[C@@H]2OC(C)(C)O[C@@H]21. The molecule has 3 rings (SSSR count). The highest BCUT2D eigenvalue weighted by Gasteiger charge is 2.62. The number of nitrogens with zero attached hydrogens (tertiary/aromatic N) is 1. The minimum absolute atomic E-state index is 0.261. The summed E-state index contributed by atoms with van der Waals surface area (Å²) in [6, 6.07) is 0. The first-order valence-electron chi connectivity index (χ1n) is 8.51. The van der Waals surface area contributed by atoms with Crippen molar-refractivity contribution in [1.29, 1.82) is 0 Å². The maximum Gasteiger partial charge on any atom is 0.297 e. The van der Waals surface area contributed by atoms with Crippen LogP contribution in [0.3, 0.4) is 0 Å². The molecule has 0 aromatic heterocycles. The second kappa shape index (κ2) is 5.64. The van der Waals surface area contributed by atoms with Gasteiger partial charge in [-0.05, 0) is 27.7 Å². The first-order valence-corrected chi connectivity index (χ1v) is 8.51.